The molecular weight excluding hydrogens is 362 g/mol. The number of aromatic nitrogens is 2. The second-order valence-electron chi connectivity index (χ2n) is 6.57. The molecule has 0 atom stereocenters. The third-order valence-electron chi connectivity index (χ3n) is 4.58. The maximum absolute atomic E-state index is 12.5. The van der Waals surface area contributed by atoms with Crippen LogP contribution in [0.25, 0.3) is 6.08 Å². The van der Waals surface area contributed by atoms with Gasteiger partial charge < -0.3 is 11.1 Å². The summed E-state index contributed by atoms with van der Waals surface area (Å²) in [4.78, 5) is 12.5. The number of hydrogen-bond donors (Lipinski definition) is 2. The summed E-state index contributed by atoms with van der Waals surface area (Å²) in [7, 11) is 0. The van der Waals surface area contributed by atoms with Gasteiger partial charge in [-0.3, -0.25) is 9.48 Å². The lowest BCUT2D eigenvalue weighted by Gasteiger charge is -2.09. The Balaban J connectivity index is 1.73. The summed E-state index contributed by atoms with van der Waals surface area (Å²) in [5.74, 6) is -0.207. The number of benzene rings is 2. The first-order valence-electron chi connectivity index (χ1n) is 9.45. The van der Waals surface area contributed by atoms with Crippen LogP contribution in [0.1, 0.15) is 40.5 Å². The quantitative estimate of drug-likeness (QED) is 0.594. The summed E-state index contributed by atoms with van der Waals surface area (Å²) in [5.41, 5.74) is 10.7. The predicted molar refractivity (Wildman–Crippen MR) is 115 cm³/mol. The highest BCUT2D eigenvalue weighted by Gasteiger charge is 2.10. The number of aryl methyl sites for hydroxylation is 1. The van der Waals surface area contributed by atoms with Gasteiger partial charge in [0.05, 0.1) is 42.3 Å². The fraction of sp³-hybridized carbons (Fsp3) is 0.174. The van der Waals surface area contributed by atoms with Gasteiger partial charge in [0.15, 0.2) is 0 Å². The van der Waals surface area contributed by atoms with Crippen molar-refractivity contribution in [3.63, 3.8) is 0 Å². The van der Waals surface area contributed by atoms with Crippen molar-refractivity contribution in [2.24, 2.45) is 0 Å². The van der Waals surface area contributed by atoms with Crippen LogP contribution in [0.3, 0.4) is 0 Å². The molecule has 2 aromatic carbocycles. The Labute approximate surface area is 170 Å². The van der Waals surface area contributed by atoms with Gasteiger partial charge in [0.1, 0.15) is 0 Å². The SMILES string of the molecule is CCc1cnn(Cc2ccc(C(=O)Nc3ccccc3N)cc2)c1/C=C\CC#N. The van der Waals surface area contributed by atoms with Crippen molar-refractivity contribution >= 4 is 23.4 Å². The first-order chi connectivity index (χ1) is 14.1. The van der Waals surface area contributed by atoms with Gasteiger partial charge in [0, 0.05) is 5.56 Å². The second kappa shape index (κ2) is 9.38. The van der Waals surface area contributed by atoms with E-state index < -0.39 is 0 Å². The molecule has 29 heavy (non-hydrogen) atoms. The number of amides is 1. The van der Waals surface area contributed by atoms with Gasteiger partial charge in [-0.25, -0.2) is 0 Å². The summed E-state index contributed by atoms with van der Waals surface area (Å²) >= 11 is 0. The minimum absolute atomic E-state index is 0.207. The summed E-state index contributed by atoms with van der Waals surface area (Å²) in [5, 5.41) is 16.0. The van der Waals surface area contributed by atoms with Crippen LogP contribution >= 0.6 is 0 Å². The average Bonchev–Trinajstić information content (AvgIpc) is 3.12. The van der Waals surface area contributed by atoms with E-state index in [9.17, 15) is 4.79 Å². The topological polar surface area (TPSA) is 96.7 Å². The maximum atomic E-state index is 12.5. The van der Waals surface area contributed by atoms with Crippen LogP contribution in [0.2, 0.25) is 0 Å². The number of carbonyl (C=O) groups excluding carboxylic acids is 1. The molecule has 146 valence electrons. The molecule has 3 aromatic rings. The fourth-order valence-corrected chi connectivity index (χ4v) is 2.99. The van der Waals surface area contributed by atoms with Crippen molar-refractivity contribution in [1.29, 1.82) is 5.26 Å². The van der Waals surface area contributed by atoms with Crippen molar-refractivity contribution < 1.29 is 4.79 Å². The number of hydrogen-bond acceptors (Lipinski definition) is 4. The Morgan fingerprint density at radius 3 is 2.69 bits per heavy atom. The third-order valence-corrected chi connectivity index (χ3v) is 4.58. The number of nitrogens with one attached hydrogen (secondary N) is 1. The lowest BCUT2D eigenvalue weighted by Crippen LogP contribution is -2.13. The molecular formula is C23H23N5O. The number of allylic oxidation sites excluding steroid dienone is 1. The van der Waals surface area contributed by atoms with E-state index in [0.717, 1.165) is 23.2 Å². The zero-order valence-electron chi connectivity index (χ0n) is 16.3. The van der Waals surface area contributed by atoms with Gasteiger partial charge >= 0.3 is 0 Å². The number of anilines is 2. The molecule has 0 aliphatic rings. The second-order valence-corrected chi connectivity index (χ2v) is 6.57. The van der Waals surface area contributed by atoms with E-state index in [1.165, 1.54) is 0 Å². The molecule has 0 saturated carbocycles. The molecule has 0 bridgehead atoms. The number of nitrogen functional groups attached to an aromatic ring is 1. The average molecular weight is 385 g/mol. The highest BCUT2D eigenvalue weighted by Crippen LogP contribution is 2.19. The van der Waals surface area contributed by atoms with E-state index >= 15 is 0 Å². The molecule has 0 radical (unpaired) electrons. The van der Waals surface area contributed by atoms with Crippen molar-refractivity contribution in [3.8, 4) is 6.07 Å². The van der Waals surface area contributed by atoms with E-state index in [0.29, 0.717) is 29.9 Å². The molecule has 0 saturated heterocycles. The smallest absolute Gasteiger partial charge is 0.255 e. The number of para-hydroxylation sites is 2. The van der Waals surface area contributed by atoms with E-state index in [1.54, 1.807) is 24.3 Å². The zero-order chi connectivity index (χ0) is 20.6. The van der Waals surface area contributed by atoms with Crippen molar-refractivity contribution in [1.82, 2.24) is 9.78 Å². The van der Waals surface area contributed by atoms with Crippen LogP contribution in [-0.4, -0.2) is 15.7 Å². The van der Waals surface area contributed by atoms with Gasteiger partial charge in [0.25, 0.3) is 5.91 Å². The molecule has 0 aliphatic carbocycles. The molecule has 3 N–H and O–H groups in total. The van der Waals surface area contributed by atoms with Crippen LogP contribution < -0.4 is 11.1 Å². The predicted octanol–water partition coefficient (Wildman–Crippen LogP) is 4.26. The van der Waals surface area contributed by atoms with Crippen LogP contribution in [0.15, 0.2) is 60.8 Å². The monoisotopic (exact) mass is 385 g/mol. The van der Waals surface area contributed by atoms with Crippen LogP contribution in [0.4, 0.5) is 11.4 Å². The van der Waals surface area contributed by atoms with Gasteiger partial charge in [0.2, 0.25) is 0 Å². The van der Waals surface area contributed by atoms with Gasteiger partial charge in [-0.1, -0.05) is 37.3 Å². The van der Waals surface area contributed by atoms with E-state index in [4.69, 9.17) is 11.0 Å². The van der Waals surface area contributed by atoms with Crippen LogP contribution in [0, 0.1) is 11.3 Å². The van der Waals surface area contributed by atoms with Crippen LogP contribution in [-0.2, 0) is 13.0 Å². The summed E-state index contributed by atoms with van der Waals surface area (Å²) < 4.78 is 1.91. The summed E-state index contributed by atoms with van der Waals surface area (Å²) in [6.07, 6.45) is 6.88. The molecule has 0 aliphatic heterocycles. The largest absolute Gasteiger partial charge is 0.397 e. The molecule has 1 amide bonds. The Morgan fingerprint density at radius 1 is 1.24 bits per heavy atom. The highest BCUT2D eigenvalue weighted by atomic mass is 16.1. The summed E-state index contributed by atoms with van der Waals surface area (Å²) in [6.45, 7) is 2.66. The normalized spacial score (nSPS) is 10.8. The maximum Gasteiger partial charge on any atom is 0.255 e. The molecule has 6 nitrogen and oxygen atoms in total. The molecule has 0 unspecified atom stereocenters. The number of nitrogens with zero attached hydrogens (tertiary/aromatic N) is 3. The first kappa shape index (κ1) is 19.9. The van der Waals surface area contributed by atoms with Crippen molar-refractivity contribution in [3.05, 3.63) is 83.2 Å². The molecule has 0 spiro atoms. The Kier molecular flexibility index (Phi) is 6.43. The minimum atomic E-state index is -0.207. The Bertz CT molecular complexity index is 1060. The summed E-state index contributed by atoms with van der Waals surface area (Å²) in [6, 6.07) is 16.7. The Hall–Kier alpha value is -3.85. The number of carbonyl (C=O) groups is 1. The van der Waals surface area contributed by atoms with Gasteiger partial charge in [-0.05, 0) is 47.9 Å². The molecule has 3 rings (SSSR count). The minimum Gasteiger partial charge on any atom is -0.397 e. The molecule has 0 fully saturated rings. The third kappa shape index (κ3) is 4.90. The zero-order valence-corrected chi connectivity index (χ0v) is 16.3. The molecule has 6 heteroatoms. The molecule has 1 aromatic heterocycles. The number of nitrogens with two attached hydrogens (primary N) is 1. The standard InChI is InChI=1S/C23H23N5O/c1-2-18-15-26-28(22(18)9-5-6-14-24)16-17-10-12-19(13-11-17)23(29)27-21-8-4-3-7-20(21)25/h3-5,7-13,15H,2,6,16,25H2,1H3,(H,27,29)/b9-5-. The van der Waals surface area contributed by atoms with Gasteiger partial charge in [-0.15, -0.1) is 0 Å². The number of nitriles is 1. The first-order valence-corrected chi connectivity index (χ1v) is 9.45. The van der Waals surface area contributed by atoms with E-state index in [-0.39, 0.29) is 5.91 Å². The number of rotatable bonds is 7. The van der Waals surface area contributed by atoms with E-state index in [2.05, 4.69) is 23.4 Å². The lowest BCUT2D eigenvalue weighted by atomic mass is 10.1. The van der Waals surface area contributed by atoms with E-state index in [1.807, 2.05) is 47.3 Å². The molecule has 1 heterocycles. The van der Waals surface area contributed by atoms with Crippen LogP contribution in [0.5, 0.6) is 0 Å². The highest BCUT2D eigenvalue weighted by molar-refractivity contribution is 6.05. The van der Waals surface area contributed by atoms with Crippen molar-refractivity contribution in [2.45, 2.75) is 26.3 Å². The lowest BCUT2D eigenvalue weighted by molar-refractivity contribution is 0.102. The fourth-order valence-electron chi connectivity index (χ4n) is 2.99. The Morgan fingerprint density at radius 2 is 2.00 bits per heavy atom. The van der Waals surface area contributed by atoms with Gasteiger partial charge in [-0.2, -0.15) is 10.4 Å². The van der Waals surface area contributed by atoms with Crippen molar-refractivity contribution in [2.75, 3.05) is 11.1 Å².